The minimum atomic E-state index is -0.141. The molecule has 0 aliphatic carbocycles. The second-order valence-electron chi connectivity index (χ2n) is 6.78. The minimum absolute atomic E-state index is 0.141. The third-order valence-corrected chi connectivity index (χ3v) is 4.81. The molecule has 0 saturated carbocycles. The summed E-state index contributed by atoms with van der Waals surface area (Å²) < 4.78 is 7.28. The number of amides is 1. The maximum Gasteiger partial charge on any atom is 0.289 e. The van der Waals surface area contributed by atoms with E-state index < -0.39 is 0 Å². The Bertz CT molecular complexity index is 904. The molecule has 7 heteroatoms. The van der Waals surface area contributed by atoms with Crippen LogP contribution in [0.2, 0.25) is 10.0 Å². The summed E-state index contributed by atoms with van der Waals surface area (Å²) in [5, 5.41) is 1.05. The third kappa shape index (κ3) is 4.93. The van der Waals surface area contributed by atoms with E-state index in [0.29, 0.717) is 41.4 Å². The van der Waals surface area contributed by atoms with Gasteiger partial charge in [0, 0.05) is 25.5 Å². The molecule has 0 fully saturated rings. The Kier molecular flexibility index (Phi) is 6.24. The Morgan fingerprint density at radius 1 is 1.26 bits per heavy atom. The van der Waals surface area contributed by atoms with E-state index in [1.165, 1.54) is 6.26 Å². The zero-order valence-corrected chi connectivity index (χ0v) is 16.7. The minimum Gasteiger partial charge on any atom is -0.459 e. The van der Waals surface area contributed by atoms with Gasteiger partial charge in [-0.1, -0.05) is 43.1 Å². The lowest BCUT2D eigenvalue weighted by Crippen LogP contribution is -2.34. The van der Waals surface area contributed by atoms with Crippen molar-refractivity contribution >= 4 is 29.1 Å². The fourth-order valence-electron chi connectivity index (χ4n) is 2.86. The first-order chi connectivity index (χ1) is 12.9. The van der Waals surface area contributed by atoms with Crippen molar-refractivity contribution < 1.29 is 9.21 Å². The van der Waals surface area contributed by atoms with Crippen molar-refractivity contribution in [2.45, 2.75) is 26.9 Å². The highest BCUT2D eigenvalue weighted by atomic mass is 35.5. The monoisotopic (exact) mass is 405 g/mol. The fraction of sp³-hybridized carbons (Fsp3) is 0.300. The molecule has 1 amide bonds. The molecule has 0 aliphatic heterocycles. The maximum atomic E-state index is 12.8. The SMILES string of the molecule is CC(C)CN(Cc1nccn1Cc1ccc(Cl)c(Cl)c1)C(=O)c1ccco1. The van der Waals surface area contributed by atoms with Gasteiger partial charge in [-0.25, -0.2) is 4.98 Å². The molecule has 142 valence electrons. The Balaban J connectivity index is 1.79. The molecule has 0 bridgehead atoms. The predicted molar refractivity (Wildman–Crippen MR) is 106 cm³/mol. The summed E-state index contributed by atoms with van der Waals surface area (Å²) in [6.07, 6.45) is 5.13. The van der Waals surface area contributed by atoms with Gasteiger partial charge in [-0.15, -0.1) is 0 Å². The summed E-state index contributed by atoms with van der Waals surface area (Å²) in [6, 6.07) is 8.94. The zero-order valence-electron chi connectivity index (χ0n) is 15.2. The highest BCUT2D eigenvalue weighted by molar-refractivity contribution is 6.42. The standard InChI is InChI=1S/C20H21Cl2N3O2/c1-14(2)11-25(20(26)18-4-3-9-27-18)13-19-23-7-8-24(19)12-15-5-6-16(21)17(22)10-15/h3-10,14H,11-13H2,1-2H3. The lowest BCUT2D eigenvalue weighted by Gasteiger charge is -2.24. The molecule has 3 aromatic rings. The summed E-state index contributed by atoms with van der Waals surface area (Å²) in [6.45, 7) is 5.75. The van der Waals surface area contributed by atoms with Crippen LogP contribution in [0.4, 0.5) is 0 Å². The van der Waals surface area contributed by atoms with Crippen LogP contribution in [0.5, 0.6) is 0 Å². The maximum absolute atomic E-state index is 12.8. The van der Waals surface area contributed by atoms with Gasteiger partial charge in [0.15, 0.2) is 5.76 Å². The summed E-state index contributed by atoms with van der Waals surface area (Å²) in [5.41, 5.74) is 1.01. The summed E-state index contributed by atoms with van der Waals surface area (Å²) in [7, 11) is 0. The Morgan fingerprint density at radius 3 is 2.74 bits per heavy atom. The van der Waals surface area contributed by atoms with Crippen LogP contribution in [-0.4, -0.2) is 26.9 Å². The van der Waals surface area contributed by atoms with Crippen molar-refractivity contribution in [3.63, 3.8) is 0 Å². The summed E-state index contributed by atoms with van der Waals surface area (Å²) >= 11 is 12.1. The predicted octanol–water partition coefficient (Wildman–Crippen LogP) is 5.13. The van der Waals surface area contributed by atoms with Crippen LogP contribution < -0.4 is 0 Å². The molecule has 0 atom stereocenters. The summed E-state index contributed by atoms with van der Waals surface area (Å²) in [5.74, 6) is 1.31. The molecule has 2 heterocycles. The van der Waals surface area contributed by atoms with Crippen LogP contribution in [0.25, 0.3) is 0 Å². The second-order valence-corrected chi connectivity index (χ2v) is 7.59. The van der Waals surface area contributed by atoms with Crippen molar-refractivity contribution in [2.24, 2.45) is 5.92 Å². The molecule has 5 nitrogen and oxygen atoms in total. The number of carbonyl (C=O) groups excluding carboxylic acids is 1. The number of imidazole rings is 1. The molecule has 0 N–H and O–H groups in total. The van der Waals surface area contributed by atoms with E-state index in [9.17, 15) is 4.79 Å². The van der Waals surface area contributed by atoms with Gasteiger partial charge in [0.05, 0.1) is 22.9 Å². The average molecular weight is 406 g/mol. The van der Waals surface area contributed by atoms with E-state index in [-0.39, 0.29) is 5.91 Å². The van der Waals surface area contributed by atoms with Crippen molar-refractivity contribution in [1.82, 2.24) is 14.5 Å². The van der Waals surface area contributed by atoms with Gasteiger partial charge in [0.25, 0.3) is 5.91 Å². The number of carbonyl (C=O) groups is 1. The molecule has 3 rings (SSSR count). The van der Waals surface area contributed by atoms with Gasteiger partial charge in [-0.3, -0.25) is 4.79 Å². The molecule has 0 unspecified atom stereocenters. The van der Waals surface area contributed by atoms with Crippen LogP contribution in [-0.2, 0) is 13.1 Å². The molecule has 0 radical (unpaired) electrons. The van der Waals surface area contributed by atoms with Gasteiger partial charge in [0.2, 0.25) is 0 Å². The van der Waals surface area contributed by atoms with Crippen LogP contribution in [0.1, 0.15) is 35.8 Å². The number of aromatic nitrogens is 2. The van der Waals surface area contributed by atoms with E-state index in [4.69, 9.17) is 27.6 Å². The number of rotatable bonds is 7. The van der Waals surface area contributed by atoms with Gasteiger partial charge < -0.3 is 13.9 Å². The molecule has 0 saturated heterocycles. The number of nitrogens with zero attached hydrogens (tertiary/aromatic N) is 3. The molecule has 0 spiro atoms. The molecular weight excluding hydrogens is 385 g/mol. The van der Waals surface area contributed by atoms with E-state index >= 15 is 0 Å². The Hall–Kier alpha value is -2.24. The Morgan fingerprint density at radius 2 is 2.07 bits per heavy atom. The van der Waals surface area contributed by atoms with Crippen molar-refractivity contribution in [3.05, 3.63) is 76.2 Å². The molecule has 1 aromatic carbocycles. The highest BCUT2D eigenvalue weighted by Crippen LogP contribution is 2.23. The van der Waals surface area contributed by atoms with Crippen LogP contribution in [0.3, 0.4) is 0 Å². The smallest absolute Gasteiger partial charge is 0.289 e. The first kappa shape index (κ1) is 19.5. The normalized spacial score (nSPS) is 11.1. The quantitative estimate of drug-likeness (QED) is 0.547. The third-order valence-electron chi connectivity index (χ3n) is 4.08. The molecule has 0 aliphatic rings. The van der Waals surface area contributed by atoms with Crippen LogP contribution in [0, 0.1) is 5.92 Å². The number of hydrogen-bond acceptors (Lipinski definition) is 3. The number of halogens is 2. The van der Waals surface area contributed by atoms with Crippen LogP contribution in [0.15, 0.2) is 53.4 Å². The Labute approximate surface area is 168 Å². The molecular formula is C20H21Cl2N3O2. The van der Waals surface area contributed by atoms with Crippen LogP contribution >= 0.6 is 23.2 Å². The fourth-order valence-corrected chi connectivity index (χ4v) is 3.18. The number of benzene rings is 1. The van der Waals surface area contributed by atoms with E-state index in [1.54, 1.807) is 29.3 Å². The largest absolute Gasteiger partial charge is 0.459 e. The average Bonchev–Trinajstić information content (AvgIpc) is 3.29. The lowest BCUT2D eigenvalue weighted by atomic mass is 10.2. The van der Waals surface area contributed by atoms with E-state index in [0.717, 1.165) is 11.4 Å². The second kappa shape index (κ2) is 8.63. The molecule has 2 aromatic heterocycles. The molecule has 27 heavy (non-hydrogen) atoms. The topological polar surface area (TPSA) is 51.3 Å². The van der Waals surface area contributed by atoms with Crippen molar-refractivity contribution in [1.29, 1.82) is 0 Å². The highest BCUT2D eigenvalue weighted by Gasteiger charge is 2.21. The van der Waals surface area contributed by atoms with E-state index in [1.807, 2.05) is 22.9 Å². The number of hydrogen-bond donors (Lipinski definition) is 0. The van der Waals surface area contributed by atoms with Crippen molar-refractivity contribution in [3.8, 4) is 0 Å². The first-order valence-electron chi connectivity index (χ1n) is 8.70. The van der Waals surface area contributed by atoms with E-state index in [2.05, 4.69) is 18.8 Å². The number of furan rings is 1. The van der Waals surface area contributed by atoms with Crippen molar-refractivity contribution in [2.75, 3.05) is 6.54 Å². The van der Waals surface area contributed by atoms with Gasteiger partial charge in [-0.2, -0.15) is 0 Å². The van der Waals surface area contributed by atoms with Gasteiger partial charge in [-0.05, 0) is 35.7 Å². The lowest BCUT2D eigenvalue weighted by molar-refractivity contribution is 0.0684. The zero-order chi connectivity index (χ0) is 19.4. The first-order valence-corrected chi connectivity index (χ1v) is 9.46. The van der Waals surface area contributed by atoms with Gasteiger partial charge >= 0.3 is 0 Å². The summed E-state index contributed by atoms with van der Waals surface area (Å²) in [4.78, 5) is 19.0. The van der Waals surface area contributed by atoms with Gasteiger partial charge in [0.1, 0.15) is 5.82 Å².